The molecule has 0 aliphatic heterocycles. The molecule has 1 aliphatic carbocycles. The van der Waals surface area contributed by atoms with Crippen molar-refractivity contribution in [3.63, 3.8) is 0 Å². The predicted molar refractivity (Wildman–Crippen MR) is 176 cm³/mol. The molecule has 3 aromatic rings. The van der Waals surface area contributed by atoms with Crippen LogP contribution in [0, 0.1) is 6.92 Å². The number of hydrogen-bond acceptors (Lipinski definition) is 8. The van der Waals surface area contributed by atoms with Crippen LogP contribution in [-0.2, 0) is 14.2 Å². The number of carbonyl (C=O) groups excluding carboxylic acids is 3. The fourth-order valence-electron chi connectivity index (χ4n) is 5.19. The van der Waals surface area contributed by atoms with E-state index in [1.54, 1.807) is 47.6 Å². The standard InChI is InChI=1S/C35H43N3O6S/c1-8-35(6,7)43-31(39)30-29(37-22(2)45-30)28(19-13-14-20-36-32(40)44-34(3,4)5)38-33(41)42-21-27-25-17-11-9-15-23(25)24-16-10-12-18-26(24)27/h8-12,15-18,27-28H,1,13-14,19-21H2,2-7H3,(H,36,40)(H,38,41)/t28-/m0/s1. The van der Waals surface area contributed by atoms with E-state index in [4.69, 9.17) is 14.2 Å². The number of rotatable bonds is 12. The second kappa shape index (κ2) is 14.3. The molecule has 0 spiro atoms. The van der Waals surface area contributed by atoms with Gasteiger partial charge in [0, 0.05) is 12.5 Å². The second-order valence-corrected chi connectivity index (χ2v) is 13.8. The maximum atomic E-state index is 13.3. The molecular formula is C35H43N3O6S. The monoisotopic (exact) mass is 633 g/mol. The first-order valence-corrected chi connectivity index (χ1v) is 16.0. The van der Waals surface area contributed by atoms with Crippen LogP contribution in [0.1, 0.15) is 97.3 Å². The molecule has 10 heteroatoms. The molecule has 240 valence electrons. The number of thiazole rings is 1. The van der Waals surface area contributed by atoms with Gasteiger partial charge in [0.2, 0.25) is 0 Å². The van der Waals surface area contributed by atoms with Gasteiger partial charge in [-0.25, -0.2) is 19.4 Å². The zero-order chi connectivity index (χ0) is 32.8. The van der Waals surface area contributed by atoms with E-state index in [-0.39, 0.29) is 12.5 Å². The van der Waals surface area contributed by atoms with Crippen LogP contribution in [0.5, 0.6) is 0 Å². The quantitative estimate of drug-likeness (QED) is 0.0903. The number of nitrogens with one attached hydrogen (secondary N) is 2. The largest absolute Gasteiger partial charge is 0.451 e. The van der Waals surface area contributed by atoms with Crippen LogP contribution in [0.2, 0.25) is 0 Å². The minimum Gasteiger partial charge on any atom is -0.451 e. The van der Waals surface area contributed by atoms with Crippen LogP contribution in [0.25, 0.3) is 11.1 Å². The maximum absolute atomic E-state index is 13.3. The van der Waals surface area contributed by atoms with Crippen molar-refractivity contribution in [3.05, 3.63) is 87.9 Å². The molecule has 9 nitrogen and oxygen atoms in total. The summed E-state index contributed by atoms with van der Waals surface area (Å²) in [4.78, 5) is 43.6. The molecule has 0 fully saturated rings. The highest BCUT2D eigenvalue weighted by Crippen LogP contribution is 2.44. The third kappa shape index (κ3) is 8.94. The summed E-state index contributed by atoms with van der Waals surface area (Å²) in [6.07, 6.45) is 2.16. The van der Waals surface area contributed by atoms with E-state index in [0.29, 0.717) is 41.4 Å². The van der Waals surface area contributed by atoms with Crippen LogP contribution >= 0.6 is 11.3 Å². The molecule has 1 heterocycles. The predicted octanol–water partition coefficient (Wildman–Crippen LogP) is 7.85. The highest BCUT2D eigenvalue weighted by molar-refractivity contribution is 7.13. The summed E-state index contributed by atoms with van der Waals surface area (Å²) in [5.41, 5.74) is 3.48. The van der Waals surface area contributed by atoms with E-state index in [9.17, 15) is 14.4 Å². The van der Waals surface area contributed by atoms with Crippen molar-refractivity contribution < 1.29 is 28.6 Å². The van der Waals surface area contributed by atoms with E-state index in [1.807, 2.05) is 24.3 Å². The molecule has 2 aromatic carbocycles. The lowest BCUT2D eigenvalue weighted by atomic mass is 9.98. The van der Waals surface area contributed by atoms with Crippen molar-refractivity contribution in [3.8, 4) is 11.1 Å². The summed E-state index contributed by atoms with van der Waals surface area (Å²) in [6.45, 7) is 15.0. The van der Waals surface area contributed by atoms with Gasteiger partial charge in [0.25, 0.3) is 0 Å². The molecule has 1 aliphatic rings. The number of fused-ring (bicyclic) bond motifs is 3. The van der Waals surface area contributed by atoms with Crippen molar-refractivity contribution in [2.75, 3.05) is 13.2 Å². The summed E-state index contributed by atoms with van der Waals surface area (Å²) in [6, 6.07) is 15.7. The summed E-state index contributed by atoms with van der Waals surface area (Å²) in [5, 5.41) is 6.39. The van der Waals surface area contributed by atoms with Crippen molar-refractivity contribution >= 4 is 29.5 Å². The Morgan fingerprint density at radius 2 is 1.58 bits per heavy atom. The number of amides is 2. The van der Waals surface area contributed by atoms with Gasteiger partial charge >= 0.3 is 18.2 Å². The molecule has 0 bridgehead atoms. The summed E-state index contributed by atoms with van der Waals surface area (Å²) >= 11 is 1.21. The van der Waals surface area contributed by atoms with Crippen LogP contribution < -0.4 is 10.6 Å². The number of alkyl carbamates (subject to hydrolysis) is 2. The van der Waals surface area contributed by atoms with Crippen LogP contribution in [0.3, 0.4) is 0 Å². The van der Waals surface area contributed by atoms with Gasteiger partial charge in [0.05, 0.1) is 16.7 Å². The van der Waals surface area contributed by atoms with Gasteiger partial charge in [-0.05, 0) is 89.1 Å². The number of esters is 1. The molecule has 4 rings (SSSR count). The van der Waals surface area contributed by atoms with Gasteiger partial charge in [-0.1, -0.05) is 55.1 Å². The lowest BCUT2D eigenvalue weighted by molar-refractivity contribution is 0.0177. The molecule has 1 atom stereocenters. The number of aromatic nitrogens is 1. The lowest BCUT2D eigenvalue weighted by Crippen LogP contribution is -2.33. The minimum absolute atomic E-state index is 0.0891. The average Bonchev–Trinajstić information content (AvgIpc) is 3.52. The Bertz CT molecular complexity index is 1490. The first-order valence-electron chi connectivity index (χ1n) is 15.2. The van der Waals surface area contributed by atoms with Crippen molar-refractivity contribution in [2.45, 2.75) is 84.0 Å². The Morgan fingerprint density at radius 3 is 2.18 bits per heavy atom. The number of hydrogen-bond donors (Lipinski definition) is 2. The van der Waals surface area contributed by atoms with Crippen LogP contribution in [0.4, 0.5) is 9.59 Å². The van der Waals surface area contributed by atoms with Crippen LogP contribution in [-0.4, -0.2) is 47.5 Å². The third-order valence-corrected chi connectivity index (χ3v) is 8.31. The van der Waals surface area contributed by atoms with Gasteiger partial charge in [0.1, 0.15) is 22.7 Å². The molecule has 2 amide bonds. The van der Waals surface area contributed by atoms with E-state index in [1.165, 1.54) is 11.3 Å². The maximum Gasteiger partial charge on any atom is 0.407 e. The number of ether oxygens (including phenoxy) is 3. The minimum atomic E-state index is -0.880. The number of aryl methyl sites for hydroxylation is 1. The van der Waals surface area contributed by atoms with Gasteiger partial charge < -0.3 is 24.8 Å². The van der Waals surface area contributed by atoms with Gasteiger partial charge in [-0.2, -0.15) is 0 Å². The van der Waals surface area contributed by atoms with Gasteiger partial charge in [0.15, 0.2) is 0 Å². The number of carbonyl (C=O) groups is 3. The Labute approximate surface area is 269 Å². The van der Waals surface area contributed by atoms with Crippen molar-refractivity contribution in [1.29, 1.82) is 0 Å². The Kier molecular flexibility index (Phi) is 10.7. The first kappa shape index (κ1) is 33.7. The molecule has 0 unspecified atom stereocenters. The van der Waals surface area contributed by atoms with Crippen LogP contribution in [0.15, 0.2) is 61.2 Å². The normalized spacial score (nSPS) is 13.3. The van der Waals surface area contributed by atoms with Crippen molar-refractivity contribution in [2.24, 2.45) is 0 Å². The van der Waals surface area contributed by atoms with Gasteiger partial charge in [-0.15, -0.1) is 11.3 Å². The number of nitrogens with zero attached hydrogens (tertiary/aromatic N) is 1. The van der Waals surface area contributed by atoms with E-state index >= 15 is 0 Å². The molecule has 2 N–H and O–H groups in total. The Morgan fingerprint density at radius 1 is 0.956 bits per heavy atom. The zero-order valence-electron chi connectivity index (χ0n) is 26.9. The zero-order valence-corrected chi connectivity index (χ0v) is 27.7. The first-order chi connectivity index (χ1) is 21.3. The summed E-state index contributed by atoms with van der Waals surface area (Å²) in [5.74, 6) is -0.625. The third-order valence-electron chi connectivity index (χ3n) is 7.35. The molecule has 0 saturated heterocycles. The highest BCUT2D eigenvalue weighted by Gasteiger charge is 2.32. The molecular weight excluding hydrogens is 590 g/mol. The molecule has 45 heavy (non-hydrogen) atoms. The fraction of sp³-hybridized carbons (Fsp3) is 0.429. The second-order valence-electron chi connectivity index (χ2n) is 12.6. The highest BCUT2D eigenvalue weighted by atomic mass is 32.1. The number of benzene rings is 2. The molecule has 1 aromatic heterocycles. The summed E-state index contributed by atoms with van der Waals surface area (Å²) in [7, 11) is 0. The SMILES string of the molecule is C=CC(C)(C)OC(=O)c1sc(C)nc1[C@H](CCCCNC(=O)OC(C)(C)C)NC(=O)OCC1c2ccccc2-c2ccccc21. The van der Waals surface area contributed by atoms with Crippen molar-refractivity contribution in [1.82, 2.24) is 15.6 Å². The topological polar surface area (TPSA) is 116 Å². The Hall–Kier alpha value is -4.18. The molecule has 0 radical (unpaired) electrons. The smallest absolute Gasteiger partial charge is 0.407 e. The van der Waals surface area contributed by atoms with E-state index in [0.717, 1.165) is 22.3 Å². The van der Waals surface area contributed by atoms with Gasteiger partial charge in [-0.3, -0.25) is 0 Å². The fourth-order valence-corrected chi connectivity index (χ4v) is 6.05. The average molecular weight is 634 g/mol. The van der Waals surface area contributed by atoms with E-state index in [2.05, 4.69) is 46.5 Å². The summed E-state index contributed by atoms with van der Waals surface area (Å²) < 4.78 is 16.8. The van der Waals surface area contributed by atoms with E-state index < -0.39 is 35.4 Å². The molecule has 0 saturated carbocycles. The lowest BCUT2D eigenvalue weighted by Gasteiger charge is -2.22. The Balaban J connectivity index is 1.47. The number of unbranched alkanes of at least 4 members (excludes halogenated alkanes) is 1.